The molecule has 1 fully saturated rings. The maximum atomic E-state index is 12.7. The molecule has 1 aliphatic heterocycles. The van der Waals surface area contributed by atoms with E-state index in [9.17, 15) is 9.59 Å². The second kappa shape index (κ2) is 9.33. The molecule has 2 aromatic rings. The minimum atomic E-state index is -0.705. The van der Waals surface area contributed by atoms with Crippen LogP contribution >= 0.6 is 35.4 Å². The first-order valence-electron chi connectivity index (χ1n) is 9.44. The van der Waals surface area contributed by atoms with Crippen LogP contribution in [0.1, 0.15) is 35.2 Å². The van der Waals surface area contributed by atoms with E-state index in [1.54, 1.807) is 42.5 Å². The monoisotopic (exact) mass is 464 g/mol. The summed E-state index contributed by atoms with van der Waals surface area (Å²) in [5.74, 6) is -1.15. The van der Waals surface area contributed by atoms with Gasteiger partial charge in [0.2, 0.25) is 0 Å². The fraction of sp³-hybridized carbons (Fsp3) is 0.318. The molecule has 1 saturated heterocycles. The highest BCUT2D eigenvalue weighted by Crippen LogP contribution is 2.29. The van der Waals surface area contributed by atoms with Gasteiger partial charge >= 0.3 is 5.97 Å². The number of hydrogen-bond donors (Lipinski definition) is 1. The van der Waals surface area contributed by atoms with Crippen molar-refractivity contribution in [1.82, 2.24) is 10.2 Å². The van der Waals surface area contributed by atoms with Gasteiger partial charge in [-0.1, -0.05) is 53.6 Å². The Morgan fingerprint density at radius 2 is 1.87 bits per heavy atom. The van der Waals surface area contributed by atoms with Gasteiger partial charge in [-0.15, -0.1) is 0 Å². The van der Waals surface area contributed by atoms with Gasteiger partial charge < -0.3 is 15.0 Å². The van der Waals surface area contributed by atoms with Crippen molar-refractivity contribution in [1.29, 1.82) is 0 Å². The molecule has 158 valence electrons. The molecule has 8 heteroatoms. The number of hydrogen-bond acceptors (Lipinski definition) is 4. The molecule has 1 amide bonds. The summed E-state index contributed by atoms with van der Waals surface area (Å²) in [5, 5.41) is 4.06. The second-order valence-electron chi connectivity index (χ2n) is 7.43. The average Bonchev–Trinajstić information content (AvgIpc) is 2.99. The molecule has 0 saturated carbocycles. The second-order valence-corrected chi connectivity index (χ2v) is 8.69. The molecule has 1 heterocycles. The summed E-state index contributed by atoms with van der Waals surface area (Å²) < 4.78 is 5.00. The van der Waals surface area contributed by atoms with Crippen LogP contribution in [0.4, 0.5) is 0 Å². The maximum Gasteiger partial charge on any atom is 0.314 e. The van der Waals surface area contributed by atoms with Crippen LogP contribution in [0, 0.1) is 0 Å². The Morgan fingerprint density at radius 1 is 1.20 bits per heavy atom. The van der Waals surface area contributed by atoms with Gasteiger partial charge in [-0.2, -0.15) is 0 Å². The molecule has 2 atom stereocenters. The van der Waals surface area contributed by atoms with Crippen molar-refractivity contribution in [2.45, 2.75) is 24.8 Å². The van der Waals surface area contributed by atoms with Gasteiger partial charge in [-0.05, 0) is 49.2 Å². The molecule has 3 rings (SSSR count). The first-order valence-corrected chi connectivity index (χ1v) is 10.6. The number of halogens is 2. The normalized spacial score (nSPS) is 19.5. The Balaban J connectivity index is 1.75. The molecular weight excluding hydrogens is 443 g/mol. The van der Waals surface area contributed by atoms with Crippen LogP contribution < -0.4 is 5.32 Å². The molecule has 0 aliphatic carbocycles. The van der Waals surface area contributed by atoms with Gasteiger partial charge in [0, 0.05) is 28.7 Å². The summed E-state index contributed by atoms with van der Waals surface area (Å²) >= 11 is 17.8. The number of methoxy groups -OCH3 is 1. The van der Waals surface area contributed by atoms with Crippen molar-refractivity contribution >= 4 is 52.3 Å². The maximum absolute atomic E-state index is 12.7. The van der Waals surface area contributed by atoms with Crippen molar-refractivity contribution < 1.29 is 14.3 Å². The largest absolute Gasteiger partial charge is 0.468 e. The third-order valence-electron chi connectivity index (χ3n) is 5.26. The highest BCUT2D eigenvalue weighted by Gasteiger charge is 2.42. The van der Waals surface area contributed by atoms with Gasteiger partial charge in [0.25, 0.3) is 5.91 Å². The average molecular weight is 465 g/mol. The molecule has 1 aliphatic rings. The van der Waals surface area contributed by atoms with Crippen LogP contribution in [0.2, 0.25) is 10.0 Å². The van der Waals surface area contributed by atoms with E-state index in [1.807, 2.05) is 17.9 Å². The Morgan fingerprint density at radius 3 is 2.50 bits per heavy atom. The molecule has 0 bridgehead atoms. The van der Waals surface area contributed by atoms with E-state index in [2.05, 4.69) is 5.32 Å². The molecule has 5 nitrogen and oxygen atoms in total. The summed E-state index contributed by atoms with van der Waals surface area (Å²) in [6.07, 6.45) is 0.627. The van der Waals surface area contributed by atoms with Crippen molar-refractivity contribution in [3.63, 3.8) is 0 Å². The number of nitrogens with zero attached hydrogens (tertiary/aromatic N) is 1. The molecule has 0 spiro atoms. The predicted molar refractivity (Wildman–Crippen MR) is 122 cm³/mol. The van der Waals surface area contributed by atoms with Gasteiger partial charge in [-0.25, -0.2) is 0 Å². The smallest absolute Gasteiger partial charge is 0.314 e. The number of rotatable bonds is 6. The van der Waals surface area contributed by atoms with E-state index in [-0.39, 0.29) is 11.9 Å². The van der Waals surface area contributed by atoms with E-state index in [0.29, 0.717) is 40.1 Å². The van der Waals surface area contributed by atoms with Crippen molar-refractivity contribution in [3.8, 4) is 0 Å². The molecular formula is C22H22Cl2N2O3S. The zero-order chi connectivity index (χ0) is 21.9. The summed E-state index contributed by atoms with van der Waals surface area (Å²) in [6, 6.07) is 13.9. The van der Waals surface area contributed by atoms with Crippen LogP contribution in [-0.4, -0.2) is 47.5 Å². The lowest BCUT2D eigenvalue weighted by molar-refractivity contribution is -0.142. The van der Waals surface area contributed by atoms with Gasteiger partial charge in [0.15, 0.2) is 0 Å². The van der Waals surface area contributed by atoms with E-state index in [0.717, 1.165) is 5.56 Å². The number of ether oxygens (including phenoxy) is 1. The lowest BCUT2D eigenvalue weighted by Gasteiger charge is -2.29. The molecule has 1 N–H and O–H groups in total. The van der Waals surface area contributed by atoms with Crippen LogP contribution in [0.5, 0.6) is 0 Å². The summed E-state index contributed by atoms with van der Waals surface area (Å²) in [5.41, 5.74) is 0.522. The van der Waals surface area contributed by atoms with E-state index in [4.69, 9.17) is 40.2 Å². The number of esters is 1. The standard InChI is InChI=1S/C22H22Cl2N2O3S/c1-22(25-19(27)15-6-4-8-17(24)12-15)9-10-26(21(22)30)13-18(20(28)29-2)14-5-3-7-16(23)11-14/h3-8,11-12,18H,9-10,13H2,1-2H3,(H,25,27). The number of amides is 1. The number of carbonyl (C=O) groups excluding carboxylic acids is 2. The quantitative estimate of drug-likeness (QED) is 0.504. The third-order valence-corrected chi connectivity index (χ3v) is 6.44. The lowest BCUT2D eigenvalue weighted by atomic mass is 9.98. The first kappa shape index (κ1) is 22.5. The van der Waals surface area contributed by atoms with Crippen molar-refractivity contribution in [2.24, 2.45) is 0 Å². The number of thiocarbonyl (C=S) groups is 1. The summed E-state index contributed by atoms with van der Waals surface area (Å²) in [4.78, 5) is 27.7. The fourth-order valence-corrected chi connectivity index (χ4v) is 4.27. The topological polar surface area (TPSA) is 58.6 Å². The fourth-order valence-electron chi connectivity index (χ4n) is 3.56. The van der Waals surface area contributed by atoms with Crippen LogP contribution in [-0.2, 0) is 9.53 Å². The molecule has 2 unspecified atom stereocenters. The zero-order valence-corrected chi connectivity index (χ0v) is 19.0. The Hall–Kier alpha value is -2.15. The Kier molecular flexibility index (Phi) is 7.01. The Labute approximate surface area is 191 Å². The van der Waals surface area contributed by atoms with Crippen molar-refractivity contribution in [2.75, 3.05) is 20.2 Å². The van der Waals surface area contributed by atoms with Gasteiger partial charge in [-0.3, -0.25) is 9.59 Å². The highest BCUT2D eigenvalue weighted by molar-refractivity contribution is 7.80. The minimum absolute atomic E-state index is 0.247. The first-order chi connectivity index (χ1) is 14.2. The molecule has 0 aromatic heterocycles. The van der Waals surface area contributed by atoms with Crippen LogP contribution in [0.25, 0.3) is 0 Å². The van der Waals surface area contributed by atoms with E-state index < -0.39 is 11.5 Å². The number of nitrogens with one attached hydrogen (secondary N) is 1. The van der Waals surface area contributed by atoms with E-state index in [1.165, 1.54) is 7.11 Å². The van der Waals surface area contributed by atoms with E-state index >= 15 is 0 Å². The number of likely N-dealkylation sites (tertiary alicyclic amines) is 1. The number of carbonyl (C=O) groups is 2. The predicted octanol–water partition coefficient (Wildman–Crippen LogP) is 4.47. The van der Waals surface area contributed by atoms with Crippen LogP contribution in [0.3, 0.4) is 0 Å². The SMILES string of the molecule is COC(=O)C(CN1CCC(C)(NC(=O)c2cccc(Cl)c2)C1=S)c1cccc(Cl)c1. The third kappa shape index (κ3) is 4.94. The lowest BCUT2D eigenvalue weighted by Crippen LogP contribution is -2.51. The highest BCUT2D eigenvalue weighted by atomic mass is 35.5. The molecule has 2 aromatic carbocycles. The zero-order valence-electron chi connectivity index (χ0n) is 16.7. The molecule has 0 radical (unpaired) electrons. The van der Waals surface area contributed by atoms with Crippen molar-refractivity contribution in [3.05, 3.63) is 69.7 Å². The molecule has 30 heavy (non-hydrogen) atoms. The minimum Gasteiger partial charge on any atom is -0.468 e. The summed E-state index contributed by atoms with van der Waals surface area (Å²) in [7, 11) is 1.36. The Bertz CT molecular complexity index is 984. The summed E-state index contributed by atoms with van der Waals surface area (Å²) in [6.45, 7) is 2.85. The number of benzene rings is 2. The van der Waals surface area contributed by atoms with Gasteiger partial charge in [0.1, 0.15) is 4.99 Å². The van der Waals surface area contributed by atoms with Crippen LogP contribution in [0.15, 0.2) is 48.5 Å². The van der Waals surface area contributed by atoms with Gasteiger partial charge in [0.05, 0.1) is 18.6 Å².